The summed E-state index contributed by atoms with van der Waals surface area (Å²) in [6, 6.07) is 0. The van der Waals surface area contributed by atoms with Crippen molar-refractivity contribution in [3.05, 3.63) is 0 Å². The summed E-state index contributed by atoms with van der Waals surface area (Å²) in [4.78, 5) is 20.8. The van der Waals surface area contributed by atoms with Crippen molar-refractivity contribution >= 4 is 11.9 Å². The van der Waals surface area contributed by atoms with Crippen LogP contribution in [0.1, 0.15) is 19.3 Å². The van der Waals surface area contributed by atoms with Crippen molar-refractivity contribution in [1.29, 1.82) is 0 Å². The first-order valence-electron chi connectivity index (χ1n) is 3.79. The Labute approximate surface area is 70.7 Å². The molecule has 0 aliphatic carbocycles. The van der Waals surface area contributed by atoms with E-state index in [1.54, 1.807) is 0 Å². The monoisotopic (exact) mass is 174 g/mol. The SMILES string of the molecule is NCC[C@H](CCC(=O)O)C(N)=O. The quantitative estimate of drug-likeness (QED) is 0.495. The van der Waals surface area contributed by atoms with Crippen LogP contribution in [0.2, 0.25) is 0 Å². The molecule has 0 radical (unpaired) electrons. The van der Waals surface area contributed by atoms with Gasteiger partial charge in [-0.25, -0.2) is 0 Å². The summed E-state index contributed by atoms with van der Waals surface area (Å²) in [7, 11) is 0. The molecule has 5 nitrogen and oxygen atoms in total. The van der Waals surface area contributed by atoms with Crippen LogP contribution in [-0.2, 0) is 9.59 Å². The van der Waals surface area contributed by atoms with Crippen LogP contribution in [0.5, 0.6) is 0 Å². The normalized spacial score (nSPS) is 12.4. The molecule has 0 saturated carbocycles. The molecule has 5 N–H and O–H groups in total. The van der Waals surface area contributed by atoms with Gasteiger partial charge in [-0.1, -0.05) is 0 Å². The summed E-state index contributed by atoms with van der Waals surface area (Å²) in [5.41, 5.74) is 10.2. The molecule has 0 bridgehead atoms. The molecule has 0 aliphatic heterocycles. The lowest BCUT2D eigenvalue weighted by atomic mass is 9.99. The molecule has 0 fully saturated rings. The van der Waals surface area contributed by atoms with Gasteiger partial charge < -0.3 is 16.6 Å². The smallest absolute Gasteiger partial charge is 0.303 e. The Hall–Kier alpha value is -1.10. The maximum absolute atomic E-state index is 10.7. The summed E-state index contributed by atoms with van der Waals surface area (Å²) < 4.78 is 0. The molecule has 1 atom stereocenters. The lowest BCUT2D eigenvalue weighted by molar-refractivity contribution is -0.137. The van der Waals surface area contributed by atoms with Crippen molar-refractivity contribution < 1.29 is 14.7 Å². The van der Waals surface area contributed by atoms with Crippen molar-refractivity contribution in [3.63, 3.8) is 0 Å². The first kappa shape index (κ1) is 10.9. The van der Waals surface area contributed by atoms with Gasteiger partial charge in [0.05, 0.1) is 0 Å². The van der Waals surface area contributed by atoms with Gasteiger partial charge in [0.25, 0.3) is 0 Å². The fraction of sp³-hybridized carbons (Fsp3) is 0.714. The standard InChI is InChI=1S/C7H14N2O3/c8-4-3-5(7(9)12)1-2-6(10)11/h5H,1-4,8H2,(H2,9,12)(H,10,11)/t5-/m0/s1. The highest BCUT2D eigenvalue weighted by molar-refractivity contribution is 5.77. The number of amides is 1. The number of nitrogens with two attached hydrogens (primary N) is 2. The largest absolute Gasteiger partial charge is 0.481 e. The zero-order chi connectivity index (χ0) is 9.56. The van der Waals surface area contributed by atoms with Crippen molar-refractivity contribution in [2.45, 2.75) is 19.3 Å². The maximum atomic E-state index is 10.7. The Morgan fingerprint density at radius 3 is 2.25 bits per heavy atom. The first-order chi connectivity index (χ1) is 5.57. The highest BCUT2D eigenvalue weighted by atomic mass is 16.4. The molecule has 0 aliphatic rings. The van der Waals surface area contributed by atoms with Crippen LogP contribution in [-0.4, -0.2) is 23.5 Å². The summed E-state index contributed by atoms with van der Waals surface area (Å²) in [6.45, 7) is 0.354. The number of hydrogen-bond acceptors (Lipinski definition) is 3. The van der Waals surface area contributed by atoms with Crippen LogP contribution in [0.4, 0.5) is 0 Å². The van der Waals surface area contributed by atoms with E-state index in [0.29, 0.717) is 13.0 Å². The van der Waals surface area contributed by atoms with E-state index in [1.807, 2.05) is 0 Å². The second-order valence-corrected chi connectivity index (χ2v) is 2.61. The van der Waals surface area contributed by atoms with E-state index in [9.17, 15) is 9.59 Å². The van der Waals surface area contributed by atoms with Crippen molar-refractivity contribution in [2.24, 2.45) is 17.4 Å². The van der Waals surface area contributed by atoms with Gasteiger partial charge in [-0.05, 0) is 19.4 Å². The van der Waals surface area contributed by atoms with Gasteiger partial charge in [0.1, 0.15) is 0 Å². The minimum absolute atomic E-state index is 0.0341. The van der Waals surface area contributed by atoms with Crippen LogP contribution >= 0.6 is 0 Å². The highest BCUT2D eigenvalue weighted by Gasteiger charge is 2.15. The van der Waals surface area contributed by atoms with Gasteiger partial charge in [0, 0.05) is 12.3 Å². The molecular formula is C7H14N2O3. The molecule has 0 spiro atoms. The third-order valence-corrected chi connectivity index (χ3v) is 1.62. The van der Waals surface area contributed by atoms with Crippen molar-refractivity contribution in [2.75, 3.05) is 6.54 Å². The minimum atomic E-state index is -0.918. The maximum Gasteiger partial charge on any atom is 0.303 e. The van der Waals surface area contributed by atoms with E-state index in [0.717, 1.165) is 0 Å². The Balaban J connectivity index is 3.79. The summed E-state index contributed by atoms with van der Waals surface area (Å²) in [5.74, 6) is -1.79. The zero-order valence-corrected chi connectivity index (χ0v) is 6.82. The van der Waals surface area contributed by atoms with Crippen LogP contribution in [0.15, 0.2) is 0 Å². The van der Waals surface area contributed by atoms with Gasteiger partial charge in [-0.3, -0.25) is 9.59 Å². The molecule has 0 unspecified atom stereocenters. The molecule has 0 heterocycles. The van der Waals surface area contributed by atoms with Crippen molar-refractivity contribution in [3.8, 4) is 0 Å². The van der Waals surface area contributed by atoms with Crippen LogP contribution in [0.25, 0.3) is 0 Å². The molecule has 12 heavy (non-hydrogen) atoms. The molecular weight excluding hydrogens is 160 g/mol. The number of carboxylic acids is 1. The number of carbonyl (C=O) groups excluding carboxylic acids is 1. The summed E-state index contributed by atoms with van der Waals surface area (Å²) in [5, 5.41) is 8.33. The van der Waals surface area contributed by atoms with Crippen LogP contribution in [0, 0.1) is 5.92 Å². The van der Waals surface area contributed by atoms with Crippen LogP contribution < -0.4 is 11.5 Å². The zero-order valence-electron chi connectivity index (χ0n) is 6.82. The van der Waals surface area contributed by atoms with E-state index in [1.165, 1.54) is 0 Å². The lowest BCUT2D eigenvalue weighted by Crippen LogP contribution is -2.26. The summed E-state index contributed by atoms with van der Waals surface area (Å²) >= 11 is 0. The van der Waals surface area contributed by atoms with Crippen molar-refractivity contribution in [1.82, 2.24) is 0 Å². The number of carboxylic acid groups (broad SMARTS) is 1. The average Bonchev–Trinajstić information content (AvgIpc) is 1.96. The molecule has 0 rings (SSSR count). The van der Waals surface area contributed by atoms with E-state index in [4.69, 9.17) is 16.6 Å². The van der Waals surface area contributed by atoms with E-state index < -0.39 is 17.8 Å². The molecule has 1 amide bonds. The predicted molar refractivity (Wildman–Crippen MR) is 43.2 cm³/mol. The second-order valence-electron chi connectivity index (χ2n) is 2.61. The molecule has 0 saturated heterocycles. The number of carbonyl (C=O) groups is 2. The number of rotatable bonds is 6. The first-order valence-corrected chi connectivity index (χ1v) is 3.79. The third kappa shape index (κ3) is 4.68. The van der Waals surface area contributed by atoms with E-state index in [2.05, 4.69) is 0 Å². The number of aliphatic carboxylic acids is 1. The second kappa shape index (κ2) is 5.54. The van der Waals surface area contributed by atoms with Gasteiger partial charge in [-0.2, -0.15) is 0 Å². The molecule has 0 aromatic heterocycles. The fourth-order valence-corrected chi connectivity index (χ4v) is 0.928. The number of primary amides is 1. The highest BCUT2D eigenvalue weighted by Crippen LogP contribution is 2.09. The van der Waals surface area contributed by atoms with E-state index in [-0.39, 0.29) is 12.8 Å². The minimum Gasteiger partial charge on any atom is -0.481 e. The topological polar surface area (TPSA) is 106 Å². The Morgan fingerprint density at radius 1 is 1.33 bits per heavy atom. The Kier molecular flexibility index (Phi) is 5.03. The van der Waals surface area contributed by atoms with Gasteiger partial charge >= 0.3 is 5.97 Å². The molecule has 0 aromatic rings. The Morgan fingerprint density at radius 2 is 1.92 bits per heavy atom. The average molecular weight is 174 g/mol. The molecule has 0 aromatic carbocycles. The van der Waals surface area contributed by atoms with E-state index >= 15 is 0 Å². The molecule has 5 heteroatoms. The fourth-order valence-electron chi connectivity index (χ4n) is 0.928. The summed E-state index contributed by atoms with van der Waals surface area (Å²) in [6.07, 6.45) is 0.706. The van der Waals surface area contributed by atoms with Gasteiger partial charge in [0.15, 0.2) is 0 Å². The van der Waals surface area contributed by atoms with Gasteiger partial charge in [-0.15, -0.1) is 0 Å². The predicted octanol–water partition coefficient (Wildman–Crippen LogP) is -0.698. The molecule has 70 valence electrons. The third-order valence-electron chi connectivity index (χ3n) is 1.62. The van der Waals surface area contributed by atoms with Crippen LogP contribution in [0.3, 0.4) is 0 Å². The number of hydrogen-bond donors (Lipinski definition) is 3. The lowest BCUT2D eigenvalue weighted by Gasteiger charge is -2.09. The van der Waals surface area contributed by atoms with Gasteiger partial charge in [0.2, 0.25) is 5.91 Å². The Bertz CT molecular complexity index is 170.